The zero-order valence-electron chi connectivity index (χ0n) is 8.04. The highest BCUT2D eigenvalue weighted by molar-refractivity contribution is 5.52. The standard InChI is InChI=1S/C12H16/c1-10(2)11(3)9-12-7-5-4-6-8-12/h4-10H,1-3H3. The SMILES string of the molecule is CC(=Cc1ccccc1)C(C)C. The molecule has 0 aliphatic heterocycles. The Hall–Kier alpha value is -1.04. The molecule has 0 amide bonds. The van der Waals surface area contributed by atoms with Crippen LogP contribution in [0.25, 0.3) is 6.08 Å². The summed E-state index contributed by atoms with van der Waals surface area (Å²) in [6.45, 7) is 6.61. The number of rotatable bonds is 2. The van der Waals surface area contributed by atoms with E-state index in [1.54, 1.807) is 0 Å². The van der Waals surface area contributed by atoms with E-state index in [1.807, 2.05) is 6.07 Å². The third-order valence-electron chi connectivity index (χ3n) is 2.10. The fourth-order valence-electron chi connectivity index (χ4n) is 0.979. The summed E-state index contributed by atoms with van der Waals surface area (Å²) in [5, 5.41) is 0. The van der Waals surface area contributed by atoms with Crippen LogP contribution >= 0.6 is 0 Å². The van der Waals surface area contributed by atoms with Gasteiger partial charge in [0.15, 0.2) is 0 Å². The van der Waals surface area contributed by atoms with Crippen molar-refractivity contribution in [3.8, 4) is 0 Å². The van der Waals surface area contributed by atoms with Crippen LogP contribution in [0.3, 0.4) is 0 Å². The van der Waals surface area contributed by atoms with Crippen LogP contribution in [0.4, 0.5) is 0 Å². The highest BCUT2D eigenvalue weighted by atomic mass is 14.0. The molecule has 1 rings (SSSR count). The minimum absolute atomic E-state index is 0.644. The fourth-order valence-corrected chi connectivity index (χ4v) is 0.979. The molecule has 0 aliphatic rings. The zero-order valence-corrected chi connectivity index (χ0v) is 8.04. The van der Waals surface area contributed by atoms with Crippen molar-refractivity contribution in [2.45, 2.75) is 20.8 Å². The Kier molecular flexibility index (Phi) is 3.09. The van der Waals surface area contributed by atoms with E-state index in [0.717, 1.165) is 0 Å². The lowest BCUT2D eigenvalue weighted by atomic mass is 10.0. The van der Waals surface area contributed by atoms with Gasteiger partial charge in [0.05, 0.1) is 0 Å². The lowest BCUT2D eigenvalue weighted by molar-refractivity contribution is 0.776. The lowest BCUT2D eigenvalue weighted by Crippen LogP contribution is -1.87. The van der Waals surface area contributed by atoms with Crippen LogP contribution in [0.5, 0.6) is 0 Å². The van der Waals surface area contributed by atoms with Gasteiger partial charge < -0.3 is 0 Å². The maximum Gasteiger partial charge on any atom is -0.0257 e. The summed E-state index contributed by atoms with van der Waals surface area (Å²) >= 11 is 0. The van der Waals surface area contributed by atoms with Gasteiger partial charge in [-0.05, 0) is 18.4 Å². The van der Waals surface area contributed by atoms with Crippen LogP contribution in [0.2, 0.25) is 0 Å². The van der Waals surface area contributed by atoms with Gasteiger partial charge in [0.1, 0.15) is 0 Å². The summed E-state index contributed by atoms with van der Waals surface area (Å²) < 4.78 is 0. The molecule has 0 bridgehead atoms. The molecule has 0 aliphatic carbocycles. The topological polar surface area (TPSA) is 0 Å². The molecule has 1 aromatic rings. The second kappa shape index (κ2) is 4.10. The molecular formula is C12H16. The molecule has 0 saturated heterocycles. The van der Waals surface area contributed by atoms with Crippen molar-refractivity contribution in [2.75, 3.05) is 0 Å². The molecule has 0 N–H and O–H groups in total. The molecule has 0 radical (unpaired) electrons. The van der Waals surface area contributed by atoms with Crippen molar-refractivity contribution < 1.29 is 0 Å². The first-order chi connectivity index (χ1) is 5.70. The van der Waals surface area contributed by atoms with Gasteiger partial charge in [-0.15, -0.1) is 0 Å². The van der Waals surface area contributed by atoms with E-state index in [-0.39, 0.29) is 0 Å². The maximum atomic E-state index is 2.24. The smallest absolute Gasteiger partial charge is 0.0257 e. The summed E-state index contributed by atoms with van der Waals surface area (Å²) in [7, 11) is 0. The minimum Gasteiger partial charge on any atom is -0.0702 e. The van der Waals surface area contributed by atoms with E-state index < -0.39 is 0 Å². The average molecular weight is 160 g/mol. The number of hydrogen-bond donors (Lipinski definition) is 0. The van der Waals surface area contributed by atoms with Gasteiger partial charge in [-0.1, -0.05) is 55.8 Å². The van der Waals surface area contributed by atoms with Crippen molar-refractivity contribution in [3.63, 3.8) is 0 Å². The van der Waals surface area contributed by atoms with Gasteiger partial charge in [-0.25, -0.2) is 0 Å². The van der Waals surface area contributed by atoms with E-state index in [2.05, 4.69) is 51.1 Å². The first kappa shape index (κ1) is 9.05. The van der Waals surface area contributed by atoms with Crippen molar-refractivity contribution in [3.05, 3.63) is 41.5 Å². The van der Waals surface area contributed by atoms with Crippen molar-refractivity contribution in [1.29, 1.82) is 0 Å². The Morgan fingerprint density at radius 1 is 1.17 bits per heavy atom. The van der Waals surface area contributed by atoms with Crippen LogP contribution < -0.4 is 0 Å². The molecule has 12 heavy (non-hydrogen) atoms. The molecule has 0 atom stereocenters. The van der Waals surface area contributed by atoms with Crippen molar-refractivity contribution >= 4 is 6.08 Å². The summed E-state index contributed by atoms with van der Waals surface area (Å²) in [5.74, 6) is 0.644. The molecule has 0 saturated carbocycles. The molecule has 0 heteroatoms. The number of benzene rings is 1. The van der Waals surface area contributed by atoms with Crippen LogP contribution in [-0.4, -0.2) is 0 Å². The van der Waals surface area contributed by atoms with E-state index in [1.165, 1.54) is 11.1 Å². The Morgan fingerprint density at radius 2 is 1.75 bits per heavy atom. The Bertz CT molecular complexity index is 255. The van der Waals surface area contributed by atoms with E-state index in [9.17, 15) is 0 Å². The molecule has 1 aromatic carbocycles. The number of hydrogen-bond acceptors (Lipinski definition) is 0. The van der Waals surface area contributed by atoms with E-state index in [0.29, 0.717) is 5.92 Å². The van der Waals surface area contributed by atoms with Gasteiger partial charge in [0, 0.05) is 0 Å². The first-order valence-corrected chi connectivity index (χ1v) is 4.43. The molecular weight excluding hydrogens is 144 g/mol. The van der Waals surface area contributed by atoms with Crippen LogP contribution in [0.15, 0.2) is 35.9 Å². The fraction of sp³-hybridized carbons (Fsp3) is 0.333. The second-order valence-electron chi connectivity index (χ2n) is 3.45. The van der Waals surface area contributed by atoms with E-state index in [4.69, 9.17) is 0 Å². The maximum absolute atomic E-state index is 2.24. The molecule has 0 spiro atoms. The highest BCUT2D eigenvalue weighted by Gasteiger charge is 1.95. The van der Waals surface area contributed by atoms with Gasteiger partial charge in [-0.2, -0.15) is 0 Å². The van der Waals surface area contributed by atoms with Crippen LogP contribution in [0, 0.1) is 5.92 Å². The molecule has 0 heterocycles. The summed E-state index contributed by atoms with van der Waals surface area (Å²) in [6.07, 6.45) is 2.24. The van der Waals surface area contributed by atoms with Gasteiger partial charge in [0.2, 0.25) is 0 Å². The van der Waals surface area contributed by atoms with Gasteiger partial charge in [0.25, 0.3) is 0 Å². The molecule has 0 nitrogen and oxygen atoms in total. The third-order valence-corrected chi connectivity index (χ3v) is 2.10. The largest absolute Gasteiger partial charge is 0.0702 e. The third kappa shape index (κ3) is 2.54. The minimum atomic E-state index is 0.644. The Morgan fingerprint density at radius 3 is 2.25 bits per heavy atom. The zero-order chi connectivity index (χ0) is 8.97. The average Bonchev–Trinajstić information content (AvgIpc) is 2.06. The summed E-state index contributed by atoms with van der Waals surface area (Å²) in [6, 6.07) is 10.4. The summed E-state index contributed by atoms with van der Waals surface area (Å²) in [5.41, 5.74) is 2.73. The molecule has 64 valence electrons. The Labute approximate surface area is 74.9 Å². The molecule has 0 fully saturated rings. The van der Waals surface area contributed by atoms with Crippen molar-refractivity contribution in [2.24, 2.45) is 5.92 Å². The number of allylic oxidation sites excluding steroid dienone is 1. The van der Waals surface area contributed by atoms with Gasteiger partial charge >= 0.3 is 0 Å². The quantitative estimate of drug-likeness (QED) is 0.618. The van der Waals surface area contributed by atoms with Crippen molar-refractivity contribution in [1.82, 2.24) is 0 Å². The van der Waals surface area contributed by atoms with Crippen LogP contribution in [-0.2, 0) is 0 Å². The predicted molar refractivity (Wildman–Crippen MR) is 54.9 cm³/mol. The van der Waals surface area contributed by atoms with Gasteiger partial charge in [-0.3, -0.25) is 0 Å². The molecule has 0 aromatic heterocycles. The lowest BCUT2D eigenvalue weighted by Gasteiger charge is -2.04. The summed E-state index contributed by atoms with van der Waals surface area (Å²) in [4.78, 5) is 0. The van der Waals surface area contributed by atoms with E-state index >= 15 is 0 Å². The highest BCUT2D eigenvalue weighted by Crippen LogP contribution is 2.12. The van der Waals surface area contributed by atoms with Crippen LogP contribution in [0.1, 0.15) is 26.3 Å². The second-order valence-corrected chi connectivity index (χ2v) is 3.45. The predicted octanol–water partition coefficient (Wildman–Crippen LogP) is 3.75. The first-order valence-electron chi connectivity index (χ1n) is 4.43. The molecule has 0 unspecified atom stereocenters. The Balaban J connectivity index is 2.81. The monoisotopic (exact) mass is 160 g/mol. The normalized spacial score (nSPS) is 12.2.